The smallest absolute Gasteiger partial charge is 0.288 e. The summed E-state index contributed by atoms with van der Waals surface area (Å²) in [5.74, 6) is -1.45. The number of rotatable bonds is 6. The van der Waals surface area contributed by atoms with Gasteiger partial charge in [0.25, 0.3) is 5.76 Å². The van der Waals surface area contributed by atoms with Crippen LogP contribution in [0, 0.1) is 0 Å². The molecule has 3 rings (SSSR count). The summed E-state index contributed by atoms with van der Waals surface area (Å²) >= 11 is 0.481. The molecule has 0 bridgehead atoms. The van der Waals surface area contributed by atoms with Gasteiger partial charge in [0.15, 0.2) is 11.5 Å². The fourth-order valence-corrected chi connectivity index (χ4v) is 2.61. The van der Waals surface area contributed by atoms with E-state index in [1.54, 1.807) is 42.5 Å². The Morgan fingerprint density at radius 3 is 2.54 bits per heavy atom. The quantitative estimate of drug-likeness (QED) is 0.775. The number of fused-ring (bicyclic) bond motifs is 1. The Hall–Kier alpha value is -2.48. The molecule has 2 aromatic carbocycles. The molecular weight excluding hydrogens is 338 g/mol. The standard InChI is InChI=1S/C16H14F2N2O3S/c17-16(18)24-12-4-1-10(2-5-12)19-8-15(21)20-11-3-6-13-14(7-11)23-9-22-13/h1-7,16,19H,8-9H2,(H,20,21). The summed E-state index contributed by atoms with van der Waals surface area (Å²) in [5.41, 5.74) is 1.28. The maximum absolute atomic E-state index is 12.2. The molecule has 1 heterocycles. The molecule has 0 atom stereocenters. The molecule has 1 amide bonds. The van der Waals surface area contributed by atoms with Crippen molar-refractivity contribution in [3.8, 4) is 11.5 Å². The zero-order chi connectivity index (χ0) is 16.9. The van der Waals surface area contributed by atoms with E-state index in [4.69, 9.17) is 9.47 Å². The van der Waals surface area contributed by atoms with Crippen molar-refractivity contribution < 1.29 is 23.0 Å². The van der Waals surface area contributed by atoms with Gasteiger partial charge in [0, 0.05) is 22.3 Å². The van der Waals surface area contributed by atoms with E-state index in [-0.39, 0.29) is 19.2 Å². The molecule has 0 aliphatic carbocycles. The van der Waals surface area contributed by atoms with E-state index in [0.29, 0.717) is 39.5 Å². The summed E-state index contributed by atoms with van der Waals surface area (Å²) in [6.45, 7) is 0.226. The van der Waals surface area contributed by atoms with Crippen LogP contribution in [-0.4, -0.2) is 25.0 Å². The Labute approximate surface area is 141 Å². The minimum Gasteiger partial charge on any atom is -0.454 e. The predicted molar refractivity (Wildman–Crippen MR) is 88.0 cm³/mol. The maximum Gasteiger partial charge on any atom is 0.288 e. The molecule has 0 aromatic heterocycles. The Morgan fingerprint density at radius 1 is 1.08 bits per heavy atom. The van der Waals surface area contributed by atoms with Crippen molar-refractivity contribution in [1.29, 1.82) is 0 Å². The van der Waals surface area contributed by atoms with Gasteiger partial charge in [-0.1, -0.05) is 11.8 Å². The molecule has 5 nitrogen and oxygen atoms in total. The maximum atomic E-state index is 12.2. The molecule has 0 unspecified atom stereocenters. The van der Waals surface area contributed by atoms with E-state index < -0.39 is 5.76 Å². The lowest BCUT2D eigenvalue weighted by atomic mass is 10.2. The van der Waals surface area contributed by atoms with Crippen LogP contribution in [0.3, 0.4) is 0 Å². The number of benzene rings is 2. The number of thioether (sulfide) groups is 1. The van der Waals surface area contributed by atoms with Crippen LogP contribution in [0.15, 0.2) is 47.4 Å². The third-order valence-corrected chi connectivity index (χ3v) is 3.91. The largest absolute Gasteiger partial charge is 0.454 e. The van der Waals surface area contributed by atoms with Gasteiger partial charge in [0.2, 0.25) is 12.7 Å². The van der Waals surface area contributed by atoms with E-state index in [1.807, 2.05) is 0 Å². The SMILES string of the molecule is O=C(CNc1ccc(SC(F)F)cc1)Nc1ccc2c(c1)OCO2. The van der Waals surface area contributed by atoms with Crippen molar-refractivity contribution in [3.63, 3.8) is 0 Å². The molecule has 8 heteroatoms. The number of alkyl halides is 2. The molecule has 0 saturated carbocycles. The number of anilines is 2. The van der Waals surface area contributed by atoms with Crippen LogP contribution in [0.4, 0.5) is 20.2 Å². The lowest BCUT2D eigenvalue weighted by molar-refractivity contribution is -0.114. The predicted octanol–water partition coefficient (Wildman–Crippen LogP) is 3.78. The van der Waals surface area contributed by atoms with Gasteiger partial charge in [-0.3, -0.25) is 4.79 Å². The Bertz CT molecular complexity index is 726. The van der Waals surface area contributed by atoms with Gasteiger partial charge in [0.1, 0.15) is 0 Å². The van der Waals surface area contributed by atoms with E-state index in [0.717, 1.165) is 0 Å². The Balaban J connectivity index is 1.50. The number of hydrogen-bond acceptors (Lipinski definition) is 5. The summed E-state index contributed by atoms with van der Waals surface area (Å²) in [4.78, 5) is 12.4. The fourth-order valence-electron chi connectivity index (χ4n) is 2.12. The van der Waals surface area contributed by atoms with Crippen LogP contribution in [0.25, 0.3) is 0 Å². The van der Waals surface area contributed by atoms with Gasteiger partial charge in [-0.05, 0) is 36.4 Å². The molecule has 0 fully saturated rings. The fraction of sp³-hybridized carbons (Fsp3) is 0.188. The number of hydrogen-bond donors (Lipinski definition) is 2. The highest BCUT2D eigenvalue weighted by Crippen LogP contribution is 2.34. The monoisotopic (exact) mass is 352 g/mol. The van der Waals surface area contributed by atoms with Crippen molar-refractivity contribution >= 4 is 29.0 Å². The minimum absolute atomic E-state index is 0.0514. The van der Waals surface area contributed by atoms with Crippen molar-refractivity contribution in [2.24, 2.45) is 0 Å². The van der Waals surface area contributed by atoms with Crippen molar-refractivity contribution in [3.05, 3.63) is 42.5 Å². The van der Waals surface area contributed by atoms with E-state index in [9.17, 15) is 13.6 Å². The first-order chi connectivity index (χ1) is 11.6. The second-order valence-electron chi connectivity index (χ2n) is 4.87. The highest BCUT2D eigenvalue weighted by molar-refractivity contribution is 7.99. The number of amides is 1. The van der Waals surface area contributed by atoms with Gasteiger partial charge in [-0.15, -0.1) is 0 Å². The average molecular weight is 352 g/mol. The van der Waals surface area contributed by atoms with Crippen LogP contribution < -0.4 is 20.1 Å². The van der Waals surface area contributed by atoms with Crippen LogP contribution >= 0.6 is 11.8 Å². The first-order valence-corrected chi connectivity index (χ1v) is 7.96. The molecular formula is C16H14F2N2O3S. The molecule has 2 aromatic rings. The second kappa shape index (κ2) is 7.39. The van der Waals surface area contributed by atoms with Crippen molar-refractivity contribution in [2.45, 2.75) is 10.7 Å². The molecule has 2 N–H and O–H groups in total. The van der Waals surface area contributed by atoms with Gasteiger partial charge in [-0.25, -0.2) is 0 Å². The molecule has 1 aliphatic rings. The number of carbonyl (C=O) groups excluding carboxylic acids is 1. The molecule has 0 radical (unpaired) electrons. The first-order valence-electron chi connectivity index (χ1n) is 7.08. The van der Waals surface area contributed by atoms with E-state index in [1.165, 1.54) is 0 Å². The third-order valence-electron chi connectivity index (χ3n) is 3.19. The molecule has 126 valence electrons. The van der Waals surface area contributed by atoms with Gasteiger partial charge in [0.05, 0.1) is 6.54 Å². The van der Waals surface area contributed by atoms with Crippen LogP contribution in [0.2, 0.25) is 0 Å². The number of carbonyl (C=O) groups is 1. The topological polar surface area (TPSA) is 59.6 Å². The summed E-state index contributed by atoms with van der Waals surface area (Å²) in [5, 5.41) is 5.67. The van der Waals surface area contributed by atoms with Crippen molar-refractivity contribution in [1.82, 2.24) is 0 Å². The van der Waals surface area contributed by atoms with E-state index >= 15 is 0 Å². The zero-order valence-corrected chi connectivity index (χ0v) is 13.2. The van der Waals surface area contributed by atoms with Gasteiger partial charge < -0.3 is 20.1 Å². The second-order valence-corrected chi connectivity index (χ2v) is 5.94. The highest BCUT2D eigenvalue weighted by atomic mass is 32.2. The lowest BCUT2D eigenvalue weighted by Crippen LogP contribution is -2.21. The van der Waals surface area contributed by atoms with Crippen LogP contribution in [-0.2, 0) is 4.79 Å². The molecule has 24 heavy (non-hydrogen) atoms. The first kappa shape index (κ1) is 16.4. The van der Waals surface area contributed by atoms with Gasteiger partial charge in [-0.2, -0.15) is 8.78 Å². The molecule has 0 saturated heterocycles. The molecule has 0 spiro atoms. The number of nitrogens with one attached hydrogen (secondary N) is 2. The Morgan fingerprint density at radius 2 is 1.79 bits per heavy atom. The lowest BCUT2D eigenvalue weighted by Gasteiger charge is -2.09. The summed E-state index contributed by atoms with van der Waals surface area (Å²) in [6, 6.07) is 11.6. The zero-order valence-electron chi connectivity index (χ0n) is 12.4. The van der Waals surface area contributed by atoms with Gasteiger partial charge >= 0.3 is 0 Å². The number of ether oxygens (including phenoxy) is 2. The third kappa shape index (κ3) is 4.29. The number of halogens is 2. The van der Waals surface area contributed by atoms with E-state index in [2.05, 4.69) is 10.6 Å². The minimum atomic E-state index is -2.45. The summed E-state index contributed by atoms with van der Waals surface area (Å²) in [6.07, 6.45) is 0. The van der Waals surface area contributed by atoms with Crippen molar-refractivity contribution in [2.75, 3.05) is 24.0 Å². The van der Waals surface area contributed by atoms with Crippen LogP contribution in [0.1, 0.15) is 0 Å². The summed E-state index contributed by atoms with van der Waals surface area (Å²) < 4.78 is 34.9. The highest BCUT2D eigenvalue weighted by Gasteiger charge is 2.14. The average Bonchev–Trinajstić information content (AvgIpc) is 3.01. The Kier molecular flexibility index (Phi) is 5.05. The van der Waals surface area contributed by atoms with Crippen LogP contribution in [0.5, 0.6) is 11.5 Å². The normalized spacial score (nSPS) is 12.3. The molecule has 1 aliphatic heterocycles. The summed E-state index contributed by atoms with van der Waals surface area (Å²) in [7, 11) is 0.